The number of hydrogen-bond donors (Lipinski definition) is 1. The molecule has 1 aromatic carbocycles. The minimum absolute atomic E-state index is 0.0553. The van der Waals surface area contributed by atoms with Gasteiger partial charge < -0.3 is 14.8 Å². The monoisotopic (exact) mass is 408 g/mol. The normalized spacial score (nSPS) is 13.3. The Hall–Kier alpha value is -2.64. The molecule has 1 atom stereocenters. The van der Waals surface area contributed by atoms with Gasteiger partial charge in [-0.2, -0.15) is 0 Å². The molecule has 0 aliphatic carbocycles. The van der Waals surface area contributed by atoms with Gasteiger partial charge >= 0.3 is 12.1 Å². The maximum atomic E-state index is 12.1. The second-order valence-electron chi connectivity index (χ2n) is 8.30. The first-order valence-electron chi connectivity index (χ1n) is 9.86. The number of nitrogens with one attached hydrogen (secondary N) is 1. The van der Waals surface area contributed by atoms with Crippen LogP contribution in [0.2, 0.25) is 0 Å². The van der Waals surface area contributed by atoms with Crippen molar-refractivity contribution < 1.29 is 24.0 Å². The summed E-state index contributed by atoms with van der Waals surface area (Å²) >= 11 is 0. The number of nitrogens with zero attached hydrogens (tertiary/aromatic N) is 1. The van der Waals surface area contributed by atoms with E-state index in [2.05, 4.69) is 33.0 Å². The van der Waals surface area contributed by atoms with Crippen molar-refractivity contribution in [3.05, 3.63) is 34.4 Å². The molecule has 162 valence electrons. The van der Waals surface area contributed by atoms with E-state index in [0.717, 1.165) is 19.3 Å². The van der Waals surface area contributed by atoms with Crippen molar-refractivity contribution >= 4 is 17.7 Å². The first-order valence-corrected chi connectivity index (χ1v) is 9.86. The molecule has 0 aromatic heterocycles. The van der Waals surface area contributed by atoms with E-state index in [4.69, 9.17) is 9.47 Å². The summed E-state index contributed by atoms with van der Waals surface area (Å²) in [5, 5.41) is 13.4. The van der Waals surface area contributed by atoms with Gasteiger partial charge in [0.15, 0.2) is 0 Å². The first kappa shape index (κ1) is 24.4. The molecule has 1 N–H and O–H groups in total. The van der Waals surface area contributed by atoms with E-state index >= 15 is 0 Å². The fourth-order valence-electron chi connectivity index (χ4n) is 3.34. The van der Waals surface area contributed by atoms with E-state index < -0.39 is 11.0 Å². The number of carbonyl (C=O) groups is 2. The highest BCUT2D eigenvalue weighted by molar-refractivity contribution is 5.70. The van der Waals surface area contributed by atoms with Crippen LogP contribution >= 0.6 is 0 Å². The molecule has 0 bridgehead atoms. The Bertz CT molecular complexity index is 702. The second kappa shape index (κ2) is 10.8. The standard InChI is InChI=1S/C21H32N2O6/c1-6-21(5,13-12-18(24)28-7-2)14-20(3,4)15-22-19(25)29-17-10-8-16(9-11-17)23(26)27/h8-11H,6-7,12-15H2,1-5H3,(H,22,25). The van der Waals surface area contributed by atoms with E-state index in [-0.39, 0.29) is 28.2 Å². The van der Waals surface area contributed by atoms with Crippen LogP contribution in [0, 0.1) is 20.9 Å². The van der Waals surface area contributed by atoms with E-state index in [1.54, 1.807) is 6.92 Å². The molecule has 0 aliphatic heterocycles. The van der Waals surface area contributed by atoms with Crippen molar-refractivity contribution in [2.45, 2.75) is 60.3 Å². The van der Waals surface area contributed by atoms with Crippen molar-refractivity contribution in [2.24, 2.45) is 10.8 Å². The number of amides is 1. The smallest absolute Gasteiger partial charge is 0.412 e. The Kier molecular flexibility index (Phi) is 9.07. The number of non-ortho nitro benzene ring substituents is 1. The molecular weight excluding hydrogens is 376 g/mol. The highest BCUT2D eigenvalue weighted by Crippen LogP contribution is 2.39. The number of hydrogen-bond acceptors (Lipinski definition) is 6. The predicted octanol–water partition coefficient (Wildman–Crippen LogP) is 4.86. The van der Waals surface area contributed by atoms with Crippen molar-refractivity contribution in [1.82, 2.24) is 5.32 Å². The van der Waals surface area contributed by atoms with Gasteiger partial charge in [0.2, 0.25) is 0 Å². The number of ether oxygens (including phenoxy) is 2. The van der Waals surface area contributed by atoms with Gasteiger partial charge in [-0.15, -0.1) is 0 Å². The van der Waals surface area contributed by atoms with Gasteiger partial charge in [0.05, 0.1) is 11.5 Å². The van der Waals surface area contributed by atoms with Crippen LogP contribution < -0.4 is 10.1 Å². The van der Waals surface area contributed by atoms with Crippen molar-refractivity contribution in [3.8, 4) is 5.75 Å². The Morgan fingerprint density at radius 2 is 1.76 bits per heavy atom. The van der Waals surface area contributed by atoms with Gasteiger partial charge in [-0.3, -0.25) is 14.9 Å². The van der Waals surface area contributed by atoms with Crippen LogP contribution in [0.3, 0.4) is 0 Å². The van der Waals surface area contributed by atoms with Gasteiger partial charge in [0.1, 0.15) is 5.75 Å². The summed E-state index contributed by atoms with van der Waals surface area (Å²) in [7, 11) is 0. The zero-order chi connectivity index (χ0) is 22.1. The lowest BCUT2D eigenvalue weighted by Crippen LogP contribution is -2.38. The Morgan fingerprint density at radius 1 is 1.14 bits per heavy atom. The SMILES string of the molecule is CCOC(=O)CCC(C)(CC)CC(C)(C)CNC(=O)Oc1ccc([N+](=O)[O-])cc1. The Morgan fingerprint density at radius 3 is 2.28 bits per heavy atom. The Labute approximate surface area is 172 Å². The lowest BCUT2D eigenvalue weighted by Gasteiger charge is -2.37. The van der Waals surface area contributed by atoms with Crippen LogP contribution in [0.5, 0.6) is 5.75 Å². The maximum Gasteiger partial charge on any atom is 0.412 e. The summed E-state index contributed by atoms with van der Waals surface area (Å²) in [5.41, 5.74) is -0.339. The molecule has 1 unspecified atom stereocenters. The Balaban J connectivity index is 2.55. The van der Waals surface area contributed by atoms with Crippen molar-refractivity contribution in [2.75, 3.05) is 13.2 Å². The summed E-state index contributed by atoms with van der Waals surface area (Å²) in [5.74, 6) is 0.0496. The molecule has 0 spiro atoms. The molecule has 0 saturated heterocycles. The topological polar surface area (TPSA) is 108 Å². The number of nitro groups is 1. The van der Waals surface area contributed by atoms with E-state index in [0.29, 0.717) is 19.6 Å². The summed E-state index contributed by atoms with van der Waals surface area (Å²) in [6.45, 7) is 10.9. The maximum absolute atomic E-state index is 12.1. The largest absolute Gasteiger partial charge is 0.466 e. The van der Waals surface area contributed by atoms with Gasteiger partial charge in [0.25, 0.3) is 5.69 Å². The molecule has 0 heterocycles. The van der Waals surface area contributed by atoms with Gasteiger partial charge in [-0.25, -0.2) is 4.79 Å². The summed E-state index contributed by atoms with van der Waals surface area (Å²) in [4.78, 5) is 33.9. The third-order valence-corrected chi connectivity index (χ3v) is 4.97. The number of benzene rings is 1. The zero-order valence-electron chi connectivity index (χ0n) is 17.9. The lowest BCUT2D eigenvalue weighted by atomic mass is 9.70. The number of rotatable bonds is 11. The summed E-state index contributed by atoms with van der Waals surface area (Å²) < 4.78 is 10.2. The van der Waals surface area contributed by atoms with Crippen LogP contribution in [0.4, 0.5) is 10.5 Å². The highest BCUT2D eigenvalue weighted by atomic mass is 16.6. The van der Waals surface area contributed by atoms with Crippen molar-refractivity contribution in [1.29, 1.82) is 0 Å². The fraction of sp³-hybridized carbons (Fsp3) is 0.619. The number of esters is 1. The van der Waals surface area contributed by atoms with E-state index in [1.807, 2.05) is 0 Å². The predicted molar refractivity (Wildman–Crippen MR) is 110 cm³/mol. The van der Waals surface area contributed by atoms with Gasteiger partial charge in [0, 0.05) is 25.1 Å². The zero-order valence-corrected chi connectivity index (χ0v) is 17.9. The molecule has 1 amide bonds. The molecule has 0 fully saturated rings. The average Bonchev–Trinajstić information content (AvgIpc) is 2.65. The van der Waals surface area contributed by atoms with E-state index in [9.17, 15) is 19.7 Å². The van der Waals surface area contributed by atoms with Crippen LogP contribution in [0.1, 0.15) is 60.3 Å². The van der Waals surface area contributed by atoms with Gasteiger partial charge in [-0.05, 0) is 42.7 Å². The molecule has 29 heavy (non-hydrogen) atoms. The first-order chi connectivity index (χ1) is 13.5. The minimum atomic E-state index is -0.614. The number of nitro benzene ring substituents is 1. The second-order valence-corrected chi connectivity index (χ2v) is 8.30. The van der Waals surface area contributed by atoms with Crippen molar-refractivity contribution in [3.63, 3.8) is 0 Å². The van der Waals surface area contributed by atoms with Crippen LogP contribution in [-0.2, 0) is 9.53 Å². The average molecular weight is 408 g/mol. The molecular formula is C21H32N2O6. The summed E-state index contributed by atoms with van der Waals surface area (Å²) in [6, 6.07) is 5.32. The molecule has 0 radical (unpaired) electrons. The van der Waals surface area contributed by atoms with Gasteiger partial charge in [-0.1, -0.05) is 34.1 Å². The molecule has 0 aliphatic rings. The number of carbonyl (C=O) groups excluding carboxylic acids is 2. The van der Waals surface area contributed by atoms with Crippen LogP contribution in [0.25, 0.3) is 0 Å². The molecule has 0 saturated carbocycles. The minimum Gasteiger partial charge on any atom is -0.466 e. The van der Waals surface area contributed by atoms with Crippen LogP contribution in [0.15, 0.2) is 24.3 Å². The quantitative estimate of drug-likeness (QED) is 0.318. The third kappa shape index (κ3) is 8.93. The molecule has 1 aromatic rings. The third-order valence-electron chi connectivity index (χ3n) is 4.97. The van der Waals surface area contributed by atoms with E-state index in [1.165, 1.54) is 24.3 Å². The fourth-order valence-corrected chi connectivity index (χ4v) is 3.34. The molecule has 8 heteroatoms. The molecule has 8 nitrogen and oxygen atoms in total. The highest BCUT2D eigenvalue weighted by Gasteiger charge is 2.32. The molecule has 1 rings (SSSR count). The summed E-state index contributed by atoms with van der Waals surface area (Å²) in [6.07, 6.45) is 2.20. The lowest BCUT2D eigenvalue weighted by molar-refractivity contribution is -0.384. The van der Waals surface area contributed by atoms with Crippen LogP contribution in [-0.4, -0.2) is 30.1 Å².